The molecule has 0 saturated heterocycles. The standard InChI is InChI=1S/2C11H14O3.C10H8O5S.C10H8O2.2C2H6.O3S/c2*1-8(2)9-3-5-10(6-4-9)14-7-11(12)13;11-9-4-6-1-2-8(16(13,14)15)3-7(6)5-10(9)12;11-8-5-4-7-2-1-3-10(12)9(7)6-8;2*1-2;1-4(2)3/h2*3-6,8H,7H2,1-2H3,(H,12,13);1-5,11-12H,(H,13,14,15);1-6,11-12H;2*1-2H3;. The van der Waals surface area contributed by atoms with E-state index in [0.29, 0.717) is 39.5 Å². The van der Waals surface area contributed by atoms with E-state index in [-0.39, 0.29) is 41.1 Å². The first-order valence-corrected chi connectivity index (χ1v) is 22.0. The van der Waals surface area contributed by atoms with Gasteiger partial charge < -0.3 is 40.1 Å². The van der Waals surface area contributed by atoms with Gasteiger partial charge in [0.2, 0.25) is 0 Å². The minimum Gasteiger partial charge on any atom is -0.508 e. The summed E-state index contributed by atoms with van der Waals surface area (Å²) in [4.78, 5) is 20.2. The summed E-state index contributed by atoms with van der Waals surface area (Å²) in [5.41, 5.74) is 2.43. The first-order valence-electron chi connectivity index (χ1n) is 19.6. The molecule has 0 saturated carbocycles. The topological polar surface area (TPSA) is 280 Å². The highest BCUT2D eigenvalue weighted by molar-refractivity contribution is 7.85. The first-order chi connectivity index (χ1) is 30.1. The number of hydrogen-bond acceptors (Lipinski definition) is 13. The second-order valence-electron chi connectivity index (χ2n) is 13.0. The molecule has 6 aromatic rings. The van der Waals surface area contributed by atoms with E-state index in [2.05, 4.69) is 27.7 Å². The number of hydrogen-bond donors (Lipinski definition) is 7. The van der Waals surface area contributed by atoms with Crippen LogP contribution in [0.2, 0.25) is 0 Å². The largest absolute Gasteiger partial charge is 0.508 e. The van der Waals surface area contributed by atoms with Gasteiger partial charge in [0.25, 0.3) is 10.1 Å². The van der Waals surface area contributed by atoms with Crippen molar-refractivity contribution >= 4 is 54.2 Å². The van der Waals surface area contributed by atoms with Gasteiger partial charge in [0.1, 0.15) is 23.0 Å². The van der Waals surface area contributed by atoms with Crippen LogP contribution in [0.15, 0.2) is 120 Å². The predicted octanol–water partition coefficient (Wildman–Crippen LogP) is 9.34. The Kier molecular flexibility index (Phi) is 26.3. The molecule has 64 heavy (non-hydrogen) atoms. The van der Waals surface area contributed by atoms with Gasteiger partial charge in [-0.3, -0.25) is 4.55 Å². The van der Waals surface area contributed by atoms with E-state index in [0.717, 1.165) is 5.39 Å². The zero-order valence-electron chi connectivity index (χ0n) is 36.7. The number of benzene rings is 6. The molecule has 6 aromatic carbocycles. The van der Waals surface area contributed by atoms with Crippen LogP contribution in [-0.4, -0.2) is 81.4 Å². The van der Waals surface area contributed by atoms with Crippen molar-refractivity contribution in [3.8, 4) is 34.5 Å². The molecule has 0 aliphatic carbocycles. The molecule has 348 valence electrons. The third-order valence-corrected chi connectivity index (χ3v) is 8.71. The van der Waals surface area contributed by atoms with E-state index < -0.39 is 32.7 Å². The Hall–Kier alpha value is -6.89. The van der Waals surface area contributed by atoms with Gasteiger partial charge in [-0.2, -0.15) is 8.42 Å². The van der Waals surface area contributed by atoms with Crippen LogP contribution in [-0.2, 0) is 30.3 Å². The van der Waals surface area contributed by atoms with Gasteiger partial charge in [0.05, 0.1) is 4.90 Å². The second-order valence-corrected chi connectivity index (χ2v) is 14.9. The van der Waals surface area contributed by atoms with Crippen LogP contribution < -0.4 is 9.47 Å². The Balaban J connectivity index is 0.000000785. The lowest BCUT2D eigenvalue weighted by atomic mass is 10.0. The zero-order chi connectivity index (χ0) is 49.2. The molecule has 0 aliphatic heterocycles. The molecular formula is C46H56O16S2. The van der Waals surface area contributed by atoms with Gasteiger partial charge in [-0.1, -0.05) is 104 Å². The van der Waals surface area contributed by atoms with Gasteiger partial charge in [0, 0.05) is 5.39 Å². The number of carboxylic acid groups (broad SMARTS) is 2. The Bertz CT molecular complexity index is 2500. The molecule has 0 bridgehead atoms. The molecule has 0 spiro atoms. The van der Waals surface area contributed by atoms with Crippen molar-refractivity contribution in [3.63, 3.8) is 0 Å². The molecular weight excluding hydrogens is 873 g/mol. The molecule has 0 aromatic heterocycles. The van der Waals surface area contributed by atoms with Crippen molar-refractivity contribution in [3.05, 3.63) is 126 Å². The van der Waals surface area contributed by atoms with Crippen LogP contribution in [0.5, 0.6) is 34.5 Å². The molecule has 18 heteroatoms. The number of phenolic OH excluding ortho intramolecular Hbond substituents is 4. The highest BCUT2D eigenvalue weighted by Gasteiger charge is 2.11. The van der Waals surface area contributed by atoms with Crippen LogP contribution in [0, 0.1) is 0 Å². The quantitative estimate of drug-likeness (QED) is 0.0525. The normalized spacial score (nSPS) is 9.92. The lowest BCUT2D eigenvalue weighted by Gasteiger charge is -2.07. The number of fused-ring (bicyclic) bond motifs is 2. The van der Waals surface area contributed by atoms with E-state index in [1.165, 1.54) is 41.5 Å². The number of ether oxygens (including phenoxy) is 2. The molecule has 0 atom stereocenters. The van der Waals surface area contributed by atoms with Crippen LogP contribution in [0.3, 0.4) is 0 Å². The average molecular weight is 929 g/mol. The number of aromatic hydroxyl groups is 4. The summed E-state index contributed by atoms with van der Waals surface area (Å²) < 4.78 is 65.9. The maximum absolute atomic E-state index is 10.9. The summed E-state index contributed by atoms with van der Waals surface area (Å²) in [6, 6.07) is 31.5. The Morgan fingerprint density at radius 2 is 0.953 bits per heavy atom. The Labute approximate surface area is 374 Å². The van der Waals surface area contributed by atoms with E-state index in [9.17, 15) is 33.3 Å². The fraction of sp³-hybridized carbons (Fsp3) is 0.261. The number of rotatable bonds is 9. The SMILES string of the molecule is CC.CC.CC(C)c1ccc(OCC(=O)O)cc1.CC(C)c1ccc(OCC(=O)O)cc1.O=S(=O)(O)c1ccc2cc(O)c(O)cc2c1.O=S(=O)=O.Oc1ccc2cccc(O)c2c1. The highest BCUT2D eigenvalue weighted by atomic mass is 32.2. The smallest absolute Gasteiger partial charge is 0.425 e. The minimum atomic E-state index is -4.26. The van der Waals surface area contributed by atoms with Gasteiger partial charge in [-0.15, -0.1) is 12.6 Å². The molecule has 16 nitrogen and oxygen atoms in total. The van der Waals surface area contributed by atoms with Crippen molar-refractivity contribution in [2.45, 2.75) is 72.1 Å². The van der Waals surface area contributed by atoms with E-state index in [1.54, 1.807) is 54.6 Å². The minimum absolute atomic E-state index is 0.170. The lowest BCUT2D eigenvalue weighted by molar-refractivity contribution is -0.140. The molecule has 0 heterocycles. The summed E-state index contributed by atoms with van der Waals surface area (Å²) in [7, 11) is -7.37. The van der Waals surface area contributed by atoms with Crippen molar-refractivity contribution < 1.29 is 75.3 Å². The maximum Gasteiger partial charge on any atom is 0.425 e. The number of carboxylic acids is 2. The van der Waals surface area contributed by atoms with E-state index in [4.69, 9.17) is 42.0 Å². The van der Waals surface area contributed by atoms with Crippen LogP contribution in [0.25, 0.3) is 21.5 Å². The monoisotopic (exact) mass is 928 g/mol. The summed E-state index contributed by atoms with van der Waals surface area (Å²) >= 11 is 0. The third-order valence-electron chi connectivity index (χ3n) is 7.86. The molecule has 0 aliphatic rings. The van der Waals surface area contributed by atoms with Crippen molar-refractivity contribution in [1.82, 2.24) is 0 Å². The number of aliphatic carboxylic acids is 2. The third kappa shape index (κ3) is 22.3. The summed E-state index contributed by atoms with van der Waals surface area (Å²) in [5, 5.41) is 56.4. The predicted molar refractivity (Wildman–Crippen MR) is 244 cm³/mol. The lowest BCUT2D eigenvalue weighted by Crippen LogP contribution is -2.09. The van der Waals surface area contributed by atoms with Crippen molar-refractivity contribution in [2.24, 2.45) is 0 Å². The molecule has 0 radical (unpaired) electrons. The van der Waals surface area contributed by atoms with Gasteiger partial charge in [-0.25, -0.2) is 9.59 Å². The Morgan fingerprint density at radius 1 is 0.547 bits per heavy atom. The molecule has 0 unspecified atom stereocenters. The summed E-state index contributed by atoms with van der Waals surface area (Å²) in [6.07, 6.45) is 0. The average Bonchev–Trinajstić information content (AvgIpc) is 3.24. The van der Waals surface area contributed by atoms with Gasteiger partial charge >= 0.3 is 22.5 Å². The van der Waals surface area contributed by atoms with Gasteiger partial charge in [0.15, 0.2) is 24.7 Å². The number of phenols is 4. The van der Waals surface area contributed by atoms with Crippen LogP contribution in [0.1, 0.15) is 78.4 Å². The fourth-order valence-corrected chi connectivity index (χ4v) is 5.36. The molecule has 0 fully saturated rings. The zero-order valence-corrected chi connectivity index (χ0v) is 38.3. The second kappa shape index (κ2) is 29.4. The molecule has 0 amide bonds. The molecule has 6 rings (SSSR count). The van der Waals surface area contributed by atoms with Crippen molar-refractivity contribution in [1.29, 1.82) is 0 Å². The fourth-order valence-electron chi connectivity index (χ4n) is 4.84. The van der Waals surface area contributed by atoms with Crippen LogP contribution >= 0.6 is 0 Å². The van der Waals surface area contributed by atoms with Crippen LogP contribution in [0.4, 0.5) is 0 Å². The van der Waals surface area contributed by atoms with Gasteiger partial charge in [-0.05, 0) is 106 Å². The van der Waals surface area contributed by atoms with E-state index in [1.807, 2.05) is 58.0 Å². The summed E-state index contributed by atoms with van der Waals surface area (Å²) in [6.45, 7) is 15.8. The molecule has 7 N–H and O–H groups in total. The highest BCUT2D eigenvalue weighted by Crippen LogP contribution is 2.31. The maximum atomic E-state index is 10.9. The van der Waals surface area contributed by atoms with E-state index >= 15 is 0 Å². The first kappa shape index (κ1) is 57.1. The number of carbonyl (C=O) groups is 2. The summed E-state index contributed by atoms with van der Waals surface area (Å²) in [5.74, 6) is -0.0454. The Morgan fingerprint density at radius 3 is 1.34 bits per heavy atom. The van der Waals surface area contributed by atoms with Crippen molar-refractivity contribution in [2.75, 3.05) is 13.2 Å².